The van der Waals surface area contributed by atoms with E-state index in [1.54, 1.807) is 14.2 Å². The molecular weight excluding hydrogens is 362 g/mol. The first-order valence-corrected chi connectivity index (χ1v) is 10.1. The number of fused-ring (bicyclic) bond motifs is 4. The van der Waals surface area contributed by atoms with Crippen LogP contribution in [0.15, 0.2) is 60.7 Å². The maximum atomic E-state index is 10.4. The van der Waals surface area contributed by atoms with E-state index >= 15 is 0 Å². The van der Waals surface area contributed by atoms with Crippen molar-refractivity contribution in [2.75, 3.05) is 20.8 Å². The van der Waals surface area contributed by atoms with E-state index in [-0.39, 0.29) is 17.8 Å². The molecule has 3 aromatic rings. The van der Waals surface area contributed by atoms with Crippen molar-refractivity contribution in [3.8, 4) is 17.2 Å². The van der Waals surface area contributed by atoms with E-state index in [1.165, 1.54) is 27.8 Å². The van der Waals surface area contributed by atoms with Crippen molar-refractivity contribution in [3.05, 3.63) is 88.5 Å². The maximum absolute atomic E-state index is 10.4. The predicted octanol–water partition coefficient (Wildman–Crippen LogP) is 4.65. The molecule has 148 valence electrons. The Hall–Kier alpha value is -2.98. The van der Waals surface area contributed by atoms with Crippen LogP contribution in [0.25, 0.3) is 0 Å². The van der Waals surface area contributed by atoms with Crippen LogP contribution in [0.1, 0.15) is 39.9 Å². The standard InChI is InChI=1S/C25H25NO3/c1-28-19-8-9-20-17(12-19)10-11-26-22(20)13-18-14-23(27)24(29-2)15-21(18)25(26)16-6-4-3-5-7-16/h3-9,12,14-15,22,25,27H,10-11,13H2,1-2H3/t22-,25+/m0/s1. The Balaban J connectivity index is 1.68. The second-order valence-corrected chi connectivity index (χ2v) is 7.81. The van der Waals surface area contributed by atoms with Gasteiger partial charge in [0.25, 0.3) is 0 Å². The van der Waals surface area contributed by atoms with Gasteiger partial charge in [0.2, 0.25) is 0 Å². The van der Waals surface area contributed by atoms with E-state index in [4.69, 9.17) is 9.47 Å². The first-order chi connectivity index (χ1) is 14.2. The molecule has 4 heteroatoms. The fourth-order valence-corrected chi connectivity index (χ4v) is 4.99. The predicted molar refractivity (Wildman–Crippen MR) is 113 cm³/mol. The Morgan fingerprint density at radius 1 is 0.897 bits per heavy atom. The topological polar surface area (TPSA) is 41.9 Å². The van der Waals surface area contributed by atoms with Crippen molar-refractivity contribution < 1.29 is 14.6 Å². The van der Waals surface area contributed by atoms with Gasteiger partial charge in [0.05, 0.1) is 20.3 Å². The minimum atomic E-state index is 0.134. The molecule has 29 heavy (non-hydrogen) atoms. The van der Waals surface area contributed by atoms with E-state index in [0.717, 1.165) is 25.1 Å². The number of hydrogen-bond acceptors (Lipinski definition) is 4. The molecule has 3 aromatic carbocycles. The lowest BCUT2D eigenvalue weighted by Gasteiger charge is -2.47. The molecule has 0 saturated carbocycles. The first kappa shape index (κ1) is 18.1. The van der Waals surface area contributed by atoms with Gasteiger partial charge in [-0.25, -0.2) is 0 Å². The number of phenolic OH excluding ortho intramolecular Hbond substituents is 1. The summed E-state index contributed by atoms with van der Waals surface area (Å²) in [6.07, 6.45) is 1.87. The van der Waals surface area contributed by atoms with Crippen LogP contribution in [0.2, 0.25) is 0 Å². The smallest absolute Gasteiger partial charge is 0.160 e. The Morgan fingerprint density at radius 3 is 2.48 bits per heavy atom. The van der Waals surface area contributed by atoms with Crippen LogP contribution in [0.4, 0.5) is 0 Å². The summed E-state index contributed by atoms with van der Waals surface area (Å²) in [7, 11) is 3.32. The lowest BCUT2D eigenvalue weighted by Crippen LogP contribution is -2.43. The highest BCUT2D eigenvalue weighted by Crippen LogP contribution is 2.48. The third kappa shape index (κ3) is 2.95. The summed E-state index contributed by atoms with van der Waals surface area (Å²) in [5.41, 5.74) is 6.39. The van der Waals surface area contributed by atoms with Gasteiger partial charge in [0.15, 0.2) is 11.5 Å². The molecule has 0 aromatic heterocycles. The van der Waals surface area contributed by atoms with E-state index in [2.05, 4.69) is 53.4 Å². The highest BCUT2D eigenvalue weighted by Gasteiger charge is 2.39. The summed E-state index contributed by atoms with van der Waals surface area (Å²) < 4.78 is 10.9. The lowest BCUT2D eigenvalue weighted by molar-refractivity contribution is 0.128. The minimum Gasteiger partial charge on any atom is -0.504 e. The Labute approximate surface area is 171 Å². The Bertz CT molecular complexity index is 1050. The zero-order valence-electron chi connectivity index (χ0n) is 16.8. The number of ether oxygens (including phenoxy) is 2. The molecule has 2 aliphatic heterocycles. The molecule has 2 atom stereocenters. The number of phenols is 1. The molecule has 2 aliphatic rings. The normalized spacial score (nSPS) is 20.3. The van der Waals surface area contributed by atoms with Gasteiger partial charge in [-0.15, -0.1) is 0 Å². The monoisotopic (exact) mass is 387 g/mol. The quantitative estimate of drug-likeness (QED) is 0.710. The third-order valence-corrected chi connectivity index (χ3v) is 6.34. The average Bonchev–Trinajstić information content (AvgIpc) is 2.77. The highest BCUT2D eigenvalue weighted by atomic mass is 16.5. The molecule has 0 spiro atoms. The molecule has 0 bridgehead atoms. The van der Waals surface area contributed by atoms with Gasteiger partial charge in [0, 0.05) is 12.6 Å². The number of rotatable bonds is 3. The number of aromatic hydroxyl groups is 1. The van der Waals surface area contributed by atoms with E-state index in [1.807, 2.05) is 12.1 Å². The molecule has 0 radical (unpaired) electrons. The van der Waals surface area contributed by atoms with Gasteiger partial charge >= 0.3 is 0 Å². The molecule has 0 saturated heterocycles. The summed E-state index contributed by atoms with van der Waals surface area (Å²) in [6.45, 7) is 0.979. The summed E-state index contributed by atoms with van der Waals surface area (Å²) in [5, 5.41) is 10.4. The van der Waals surface area contributed by atoms with Crippen LogP contribution in [0.3, 0.4) is 0 Å². The minimum absolute atomic E-state index is 0.134. The van der Waals surface area contributed by atoms with Crippen LogP contribution in [0.5, 0.6) is 17.2 Å². The van der Waals surface area contributed by atoms with Gasteiger partial charge < -0.3 is 14.6 Å². The molecule has 4 nitrogen and oxygen atoms in total. The van der Waals surface area contributed by atoms with E-state index in [0.29, 0.717) is 5.75 Å². The van der Waals surface area contributed by atoms with Gasteiger partial charge in [-0.2, -0.15) is 0 Å². The average molecular weight is 387 g/mol. The Morgan fingerprint density at radius 2 is 1.72 bits per heavy atom. The number of hydrogen-bond donors (Lipinski definition) is 1. The van der Waals surface area contributed by atoms with Gasteiger partial charge in [-0.3, -0.25) is 4.90 Å². The summed E-state index contributed by atoms with van der Waals surface area (Å²) >= 11 is 0. The molecular formula is C25H25NO3. The highest BCUT2D eigenvalue weighted by molar-refractivity contribution is 5.53. The molecule has 0 aliphatic carbocycles. The third-order valence-electron chi connectivity index (χ3n) is 6.34. The van der Waals surface area contributed by atoms with Crippen LogP contribution in [-0.2, 0) is 12.8 Å². The summed E-state index contributed by atoms with van der Waals surface area (Å²) in [6, 6.07) is 21.4. The van der Waals surface area contributed by atoms with Crippen LogP contribution >= 0.6 is 0 Å². The zero-order chi connectivity index (χ0) is 20.0. The summed E-state index contributed by atoms with van der Waals surface area (Å²) in [4.78, 5) is 2.60. The Kier molecular flexibility index (Phi) is 4.44. The largest absolute Gasteiger partial charge is 0.504 e. The zero-order valence-corrected chi connectivity index (χ0v) is 16.8. The van der Waals surface area contributed by atoms with Crippen molar-refractivity contribution in [1.82, 2.24) is 4.90 Å². The molecule has 2 heterocycles. The fraction of sp³-hybridized carbons (Fsp3) is 0.280. The van der Waals surface area contributed by atoms with Crippen LogP contribution in [-0.4, -0.2) is 30.8 Å². The van der Waals surface area contributed by atoms with Gasteiger partial charge in [0.1, 0.15) is 5.75 Å². The molecule has 0 fully saturated rings. The van der Waals surface area contributed by atoms with E-state index < -0.39 is 0 Å². The number of benzene rings is 3. The molecule has 1 N–H and O–H groups in total. The fourth-order valence-electron chi connectivity index (χ4n) is 4.99. The van der Waals surface area contributed by atoms with Crippen molar-refractivity contribution in [2.45, 2.75) is 24.9 Å². The second-order valence-electron chi connectivity index (χ2n) is 7.81. The maximum Gasteiger partial charge on any atom is 0.160 e. The molecule has 5 rings (SSSR count). The van der Waals surface area contributed by atoms with Crippen LogP contribution < -0.4 is 9.47 Å². The van der Waals surface area contributed by atoms with E-state index in [9.17, 15) is 5.11 Å². The van der Waals surface area contributed by atoms with Crippen molar-refractivity contribution in [3.63, 3.8) is 0 Å². The van der Waals surface area contributed by atoms with Crippen molar-refractivity contribution in [2.24, 2.45) is 0 Å². The second kappa shape index (κ2) is 7.12. The SMILES string of the molecule is COc1ccc2c(c1)CCN1[C@H](c3ccccc3)c3cc(OC)c(O)cc3C[C@@H]21. The summed E-state index contributed by atoms with van der Waals surface area (Å²) in [5.74, 6) is 1.65. The molecule has 0 amide bonds. The number of nitrogens with zero attached hydrogens (tertiary/aromatic N) is 1. The van der Waals surface area contributed by atoms with Gasteiger partial charge in [-0.1, -0.05) is 36.4 Å². The first-order valence-electron chi connectivity index (χ1n) is 10.1. The lowest BCUT2D eigenvalue weighted by atomic mass is 9.78. The van der Waals surface area contributed by atoms with Gasteiger partial charge in [-0.05, 0) is 64.9 Å². The van der Waals surface area contributed by atoms with Crippen LogP contribution in [0, 0.1) is 0 Å². The number of methoxy groups -OCH3 is 2. The van der Waals surface area contributed by atoms with Crippen molar-refractivity contribution in [1.29, 1.82) is 0 Å². The van der Waals surface area contributed by atoms with Crippen molar-refractivity contribution >= 4 is 0 Å². The molecule has 0 unspecified atom stereocenters.